The summed E-state index contributed by atoms with van der Waals surface area (Å²) in [7, 11) is -1.97. The lowest BCUT2D eigenvalue weighted by molar-refractivity contribution is -0.124. The predicted octanol–water partition coefficient (Wildman–Crippen LogP) is 3.04. The average Bonchev–Trinajstić information content (AvgIpc) is 2.76. The van der Waals surface area contributed by atoms with Crippen LogP contribution in [0.1, 0.15) is 19.4 Å². The normalized spacial score (nSPS) is 15.6. The Bertz CT molecular complexity index is 969. The Morgan fingerprint density at radius 1 is 1.18 bits per heavy atom. The highest BCUT2D eigenvalue weighted by Crippen LogP contribution is 2.34. The van der Waals surface area contributed by atoms with Gasteiger partial charge in [0, 0.05) is 0 Å². The van der Waals surface area contributed by atoms with Gasteiger partial charge in [-0.1, -0.05) is 12.1 Å². The number of sulfonamides is 1. The summed E-state index contributed by atoms with van der Waals surface area (Å²) in [6.45, 7) is 3.83. The maximum Gasteiger partial charge on any atom is 0.233 e. The topological polar surface area (TPSA) is 93.7 Å². The van der Waals surface area contributed by atoms with Crippen LogP contribution in [0.5, 0.6) is 11.5 Å². The molecule has 2 aromatic carbocycles. The minimum Gasteiger partial charge on any atom is -0.497 e. The fraction of sp³-hybridized carbons (Fsp3) is 0.350. The van der Waals surface area contributed by atoms with E-state index >= 15 is 0 Å². The van der Waals surface area contributed by atoms with E-state index in [0.717, 1.165) is 11.3 Å². The molecule has 1 heterocycles. The molecule has 150 valence electrons. The highest BCUT2D eigenvalue weighted by molar-refractivity contribution is 7.92. The molecule has 1 aliphatic heterocycles. The van der Waals surface area contributed by atoms with Gasteiger partial charge in [0.25, 0.3) is 0 Å². The van der Waals surface area contributed by atoms with Crippen molar-refractivity contribution in [3.05, 3.63) is 48.0 Å². The van der Waals surface area contributed by atoms with Crippen molar-refractivity contribution in [3.63, 3.8) is 0 Å². The third kappa shape index (κ3) is 4.75. The number of nitrogens with one attached hydrogen (secondary N) is 2. The van der Waals surface area contributed by atoms with Crippen molar-refractivity contribution < 1.29 is 22.7 Å². The number of rotatable bonds is 6. The van der Waals surface area contributed by atoms with Crippen LogP contribution in [0, 0.1) is 5.41 Å². The minimum atomic E-state index is -3.56. The molecule has 28 heavy (non-hydrogen) atoms. The first-order valence-electron chi connectivity index (χ1n) is 8.90. The van der Waals surface area contributed by atoms with Gasteiger partial charge in [0.1, 0.15) is 18.1 Å². The summed E-state index contributed by atoms with van der Waals surface area (Å²) in [6.07, 6.45) is 0.373. The van der Waals surface area contributed by atoms with Crippen LogP contribution in [-0.4, -0.2) is 33.8 Å². The zero-order valence-electron chi connectivity index (χ0n) is 16.1. The molecule has 0 aromatic heterocycles. The third-order valence-corrected chi connectivity index (χ3v) is 5.81. The van der Waals surface area contributed by atoms with E-state index < -0.39 is 15.4 Å². The predicted molar refractivity (Wildman–Crippen MR) is 108 cm³/mol. The number of fused-ring (bicyclic) bond motifs is 1. The van der Waals surface area contributed by atoms with E-state index in [1.165, 1.54) is 0 Å². The molecule has 0 saturated heterocycles. The van der Waals surface area contributed by atoms with E-state index in [1.807, 2.05) is 12.1 Å². The second-order valence-electron chi connectivity index (χ2n) is 7.36. The Morgan fingerprint density at radius 2 is 1.89 bits per heavy atom. The molecule has 2 N–H and O–H groups in total. The SMILES string of the molecule is COc1ccc(CCS(=O)(=O)Nc2ccc3c(c2)NC(=O)C(C)(C)CO3)cc1. The van der Waals surface area contributed by atoms with E-state index in [1.54, 1.807) is 51.3 Å². The van der Waals surface area contributed by atoms with Crippen LogP contribution >= 0.6 is 0 Å². The summed E-state index contributed by atoms with van der Waals surface area (Å²) in [5, 5.41) is 2.80. The molecule has 3 rings (SSSR count). The monoisotopic (exact) mass is 404 g/mol. The van der Waals surface area contributed by atoms with Crippen LogP contribution < -0.4 is 19.5 Å². The van der Waals surface area contributed by atoms with Gasteiger partial charge in [0.2, 0.25) is 15.9 Å². The van der Waals surface area contributed by atoms with Crippen LogP contribution in [-0.2, 0) is 21.2 Å². The number of methoxy groups -OCH3 is 1. The summed E-state index contributed by atoms with van der Waals surface area (Å²) in [6, 6.07) is 12.1. The smallest absolute Gasteiger partial charge is 0.233 e. The number of amides is 1. The zero-order valence-corrected chi connectivity index (χ0v) is 16.9. The molecule has 2 aromatic rings. The van der Waals surface area contributed by atoms with E-state index in [9.17, 15) is 13.2 Å². The van der Waals surface area contributed by atoms with Gasteiger partial charge in [-0.25, -0.2) is 8.42 Å². The number of carbonyl (C=O) groups excluding carboxylic acids is 1. The second kappa shape index (κ2) is 7.71. The van der Waals surface area contributed by atoms with Crippen LogP contribution in [0.25, 0.3) is 0 Å². The lowest BCUT2D eigenvalue weighted by atomic mass is 9.94. The van der Waals surface area contributed by atoms with E-state index in [-0.39, 0.29) is 18.3 Å². The molecule has 0 bridgehead atoms. The largest absolute Gasteiger partial charge is 0.497 e. The highest BCUT2D eigenvalue weighted by atomic mass is 32.2. The van der Waals surface area contributed by atoms with Gasteiger partial charge in [0.15, 0.2) is 0 Å². The van der Waals surface area contributed by atoms with Crippen molar-refractivity contribution >= 4 is 27.3 Å². The Kier molecular flexibility index (Phi) is 5.51. The molecule has 0 fully saturated rings. The summed E-state index contributed by atoms with van der Waals surface area (Å²) in [5.41, 5.74) is 1.05. The molecular weight excluding hydrogens is 380 g/mol. The zero-order chi connectivity index (χ0) is 20.4. The van der Waals surface area contributed by atoms with Crippen LogP contribution in [0.4, 0.5) is 11.4 Å². The van der Waals surface area contributed by atoms with Gasteiger partial charge in [0.05, 0.1) is 29.7 Å². The third-order valence-electron chi connectivity index (χ3n) is 4.52. The number of carbonyl (C=O) groups is 1. The molecule has 0 spiro atoms. The number of hydrogen-bond acceptors (Lipinski definition) is 5. The summed E-state index contributed by atoms with van der Waals surface area (Å²) >= 11 is 0. The summed E-state index contributed by atoms with van der Waals surface area (Å²) in [5.74, 6) is 1.000. The molecule has 1 aliphatic rings. The molecular formula is C20H24N2O5S. The number of benzene rings is 2. The Balaban J connectivity index is 1.68. The quantitative estimate of drug-likeness (QED) is 0.772. The van der Waals surface area contributed by atoms with Crippen molar-refractivity contribution in [3.8, 4) is 11.5 Å². The minimum absolute atomic E-state index is 0.0632. The fourth-order valence-electron chi connectivity index (χ4n) is 2.71. The van der Waals surface area contributed by atoms with Crippen molar-refractivity contribution in [2.45, 2.75) is 20.3 Å². The standard InChI is InChI=1S/C20H24N2O5S/c1-20(2)13-27-18-9-6-15(12-17(18)21-19(20)23)22-28(24,25)11-10-14-4-7-16(26-3)8-5-14/h4-9,12,22H,10-11,13H2,1-3H3,(H,21,23). The number of aryl methyl sites for hydroxylation is 1. The average molecular weight is 404 g/mol. The lowest BCUT2D eigenvalue weighted by Crippen LogP contribution is -2.33. The van der Waals surface area contributed by atoms with Gasteiger partial charge in [-0.2, -0.15) is 0 Å². The van der Waals surface area contributed by atoms with Gasteiger partial charge in [-0.05, 0) is 56.2 Å². The molecule has 0 aliphatic carbocycles. The molecule has 0 unspecified atom stereocenters. The van der Waals surface area contributed by atoms with Crippen LogP contribution in [0.2, 0.25) is 0 Å². The summed E-state index contributed by atoms with van der Waals surface area (Å²) in [4.78, 5) is 12.3. The fourth-order valence-corrected chi connectivity index (χ4v) is 3.80. The van der Waals surface area contributed by atoms with E-state index in [0.29, 0.717) is 23.5 Å². The number of hydrogen-bond donors (Lipinski definition) is 2. The van der Waals surface area contributed by atoms with Crippen molar-refractivity contribution in [2.75, 3.05) is 29.5 Å². The maximum atomic E-state index is 12.4. The summed E-state index contributed by atoms with van der Waals surface area (Å²) < 4.78 is 38.2. The Labute approximate surface area is 165 Å². The van der Waals surface area contributed by atoms with Gasteiger partial charge >= 0.3 is 0 Å². The van der Waals surface area contributed by atoms with Crippen LogP contribution in [0.3, 0.4) is 0 Å². The van der Waals surface area contributed by atoms with Gasteiger partial charge in [-0.3, -0.25) is 9.52 Å². The van der Waals surface area contributed by atoms with E-state index in [4.69, 9.17) is 9.47 Å². The van der Waals surface area contributed by atoms with Gasteiger partial charge < -0.3 is 14.8 Å². The molecule has 0 atom stereocenters. The van der Waals surface area contributed by atoms with Crippen molar-refractivity contribution in [1.82, 2.24) is 0 Å². The molecule has 0 saturated carbocycles. The first-order chi connectivity index (χ1) is 13.2. The maximum absolute atomic E-state index is 12.4. The lowest BCUT2D eigenvalue weighted by Gasteiger charge is -2.18. The molecule has 7 nitrogen and oxygen atoms in total. The molecule has 0 radical (unpaired) electrons. The second-order valence-corrected chi connectivity index (χ2v) is 9.20. The number of anilines is 2. The van der Waals surface area contributed by atoms with Gasteiger partial charge in [-0.15, -0.1) is 0 Å². The first kappa shape index (κ1) is 20.0. The highest BCUT2D eigenvalue weighted by Gasteiger charge is 2.32. The van der Waals surface area contributed by atoms with Crippen molar-refractivity contribution in [2.24, 2.45) is 5.41 Å². The Morgan fingerprint density at radius 3 is 2.57 bits per heavy atom. The van der Waals surface area contributed by atoms with E-state index in [2.05, 4.69) is 10.0 Å². The Hall–Kier alpha value is -2.74. The van der Waals surface area contributed by atoms with Crippen molar-refractivity contribution in [1.29, 1.82) is 0 Å². The first-order valence-corrected chi connectivity index (χ1v) is 10.6. The molecule has 1 amide bonds. The number of ether oxygens (including phenoxy) is 2. The van der Waals surface area contributed by atoms with Crippen LogP contribution in [0.15, 0.2) is 42.5 Å². The molecule has 8 heteroatoms.